The summed E-state index contributed by atoms with van der Waals surface area (Å²) in [5.41, 5.74) is 3.85. The first-order valence-electron chi connectivity index (χ1n) is 6.33. The summed E-state index contributed by atoms with van der Waals surface area (Å²) in [7, 11) is 0. The molecule has 92 valence electrons. The first kappa shape index (κ1) is 11.1. The molecule has 0 saturated heterocycles. The molecule has 2 aromatic rings. The molecule has 1 aliphatic heterocycles. The third-order valence-electron chi connectivity index (χ3n) is 3.41. The van der Waals surface area contributed by atoms with Crippen molar-refractivity contribution >= 4 is 11.5 Å². The summed E-state index contributed by atoms with van der Waals surface area (Å²) in [5, 5.41) is 3.39. The molecule has 0 unspecified atom stereocenters. The van der Waals surface area contributed by atoms with E-state index in [9.17, 15) is 0 Å². The van der Waals surface area contributed by atoms with Gasteiger partial charge in [-0.05, 0) is 30.2 Å². The molecule has 0 saturated carbocycles. The van der Waals surface area contributed by atoms with Crippen LogP contribution in [0.1, 0.15) is 11.1 Å². The number of benzene rings is 1. The number of hydrogen-bond acceptors (Lipinski definition) is 3. The minimum atomic E-state index is 0.929. The van der Waals surface area contributed by atoms with E-state index in [4.69, 9.17) is 0 Å². The summed E-state index contributed by atoms with van der Waals surface area (Å²) in [6, 6.07) is 12.6. The molecular weight excluding hydrogens is 222 g/mol. The quantitative estimate of drug-likeness (QED) is 0.873. The SMILES string of the molecule is Cc1ccccc1CN1CCNc2cccnc21. The molecule has 0 spiro atoms. The summed E-state index contributed by atoms with van der Waals surface area (Å²) in [6.45, 7) is 5.07. The molecule has 0 atom stereocenters. The Labute approximate surface area is 107 Å². The minimum Gasteiger partial charge on any atom is -0.380 e. The fourth-order valence-corrected chi connectivity index (χ4v) is 2.37. The van der Waals surface area contributed by atoms with E-state index in [0.717, 1.165) is 31.1 Å². The van der Waals surface area contributed by atoms with Crippen LogP contribution in [0.3, 0.4) is 0 Å². The Bertz CT molecular complexity index is 551. The average Bonchev–Trinajstić information content (AvgIpc) is 2.42. The molecule has 3 nitrogen and oxygen atoms in total. The Balaban J connectivity index is 1.89. The lowest BCUT2D eigenvalue weighted by Crippen LogP contribution is -2.34. The number of aromatic nitrogens is 1. The lowest BCUT2D eigenvalue weighted by atomic mass is 10.1. The van der Waals surface area contributed by atoms with Gasteiger partial charge in [0.15, 0.2) is 5.82 Å². The van der Waals surface area contributed by atoms with Gasteiger partial charge in [-0.2, -0.15) is 0 Å². The van der Waals surface area contributed by atoms with E-state index in [1.54, 1.807) is 0 Å². The van der Waals surface area contributed by atoms with Gasteiger partial charge in [0.25, 0.3) is 0 Å². The van der Waals surface area contributed by atoms with E-state index >= 15 is 0 Å². The zero-order valence-electron chi connectivity index (χ0n) is 10.6. The first-order valence-corrected chi connectivity index (χ1v) is 6.33. The molecule has 1 aromatic heterocycles. The van der Waals surface area contributed by atoms with Crippen LogP contribution in [-0.2, 0) is 6.54 Å². The number of aryl methyl sites for hydroxylation is 1. The summed E-state index contributed by atoms with van der Waals surface area (Å²) < 4.78 is 0. The highest BCUT2D eigenvalue weighted by atomic mass is 15.2. The van der Waals surface area contributed by atoms with Crippen LogP contribution in [0.5, 0.6) is 0 Å². The second kappa shape index (κ2) is 4.69. The highest BCUT2D eigenvalue weighted by Gasteiger charge is 2.17. The van der Waals surface area contributed by atoms with Crippen molar-refractivity contribution in [2.45, 2.75) is 13.5 Å². The third-order valence-corrected chi connectivity index (χ3v) is 3.41. The van der Waals surface area contributed by atoms with Crippen molar-refractivity contribution in [3.05, 3.63) is 53.7 Å². The van der Waals surface area contributed by atoms with E-state index in [1.807, 2.05) is 12.3 Å². The molecule has 0 radical (unpaired) electrons. The van der Waals surface area contributed by atoms with Gasteiger partial charge in [0.2, 0.25) is 0 Å². The molecule has 0 bridgehead atoms. The van der Waals surface area contributed by atoms with Crippen molar-refractivity contribution in [2.75, 3.05) is 23.3 Å². The van der Waals surface area contributed by atoms with Gasteiger partial charge in [-0.3, -0.25) is 0 Å². The highest BCUT2D eigenvalue weighted by Crippen LogP contribution is 2.27. The van der Waals surface area contributed by atoms with E-state index in [0.29, 0.717) is 0 Å². The third kappa shape index (κ3) is 2.04. The Morgan fingerprint density at radius 3 is 3.00 bits per heavy atom. The van der Waals surface area contributed by atoms with Crippen LogP contribution < -0.4 is 10.2 Å². The lowest BCUT2D eigenvalue weighted by molar-refractivity contribution is 0.768. The molecule has 1 aromatic carbocycles. The van der Waals surface area contributed by atoms with Gasteiger partial charge in [-0.15, -0.1) is 0 Å². The van der Waals surface area contributed by atoms with Gasteiger partial charge in [-0.25, -0.2) is 4.98 Å². The number of fused-ring (bicyclic) bond motifs is 1. The summed E-state index contributed by atoms with van der Waals surface area (Å²) in [6.07, 6.45) is 1.86. The number of nitrogens with zero attached hydrogens (tertiary/aromatic N) is 2. The van der Waals surface area contributed by atoms with Gasteiger partial charge in [0.05, 0.1) is 5.69 Å². The van der Waals surface area contributed by atoms with Crippen LogP contribution in [-0.4, -0.2) is 18.1 Å². The highest BCUT2D eigenvalue weighted by molar-refractivity contribution is 5.67. The molecule has 3 heteroatoms. The zero-order chi connectivity index (χ0) is 12.4. The van der Waals surface area contributed by atoms with Crippen LogP contribution in [0.2, 0.25) is 0 Å². The summed E-state index contributed by atoms with van der Waals surface area (Å²) >= 11 is 0. The van der Waals surface area contributed by atoms with Gasteiger partial charge >= 0.3 is 0 Å². The van der Waals surface area contributed by atoms with Crippen LogP contribution in [0, 0.1) is 6.92 Å². The smallest absolute Gasteiger partial charge is 0.152 e. The van der Waals surface area contributed by atoms with E-state index in [1.165, 1.54) is 11.1 Å². The van der Waals surface area contributed by atoms with Crippen molar-refractivity contribution in [2.24, 2.45) is 0 Å². The predicted molar refractivity (Wildman–Crippen MR) is 75.0 cm³/mol. The van der Waals surface area contributed by atoms with Crippen molar-refractivity contribution in [3.8, 4) is 0 Å². The van der Waals surface area contributed by atoms with E-state index < -0.39 is 0 Å². The molecule has 1 N–H and O–H groups in total. The number of anilines is 2. The first-order chi connectivity index (χ1) is 8.84. The van der Waals surface area contributed by atoms with Crippen LogP contribution in [0.25, 0.3) is 0 Å². The van der Waals surface area contributed by atoms with Crippen molar-refractivity contribution in [1.29, 1.82) is 0 Å². The van der Waals surface area contributed by atoms with E-state index in [-0.39, 0.29) is 0 Å². The number of nitrogens with one attached hydrogen (secondary N) is 1. The maximum atomic E-state index is 4.49. The molecular formula is C15H17N3. The number of rotatable bonds is 2. The normalized spacial score (nSPS) is 13.9. The largest absolute Gasteiger partial charge is 0.380 e. The maximum absolute atomic E-state index is 4.49. The molecule has 0 aliphatic carbocycles. The van der Waals surface area contributed by atoms with Crippen molar-refractivity contribution in [3.63, 3.8) is 0 Å². The van der Waals surface area contributed by atoms with Crippen LogP contribution in [0.4, 0.5) is 11.5 Å². The average molecular weight is 239 g/mol. The zero-order valence-corrected chi connectivity index (χ0v) is 10.6. The topological polar surface area (TPSA) is 28.2 Å². The van der Waals surface area contributed by atoms with Gasteiger partial charge in [0, 0.05) is 25.8 Å². The lowest BCUT2D eigenvalue weighted by Gasteiger charge is -2.31. The Hall–Kier alpha value is -2.03. The fraction of sp³-hybridized carbons (Fsp3) is 0.267. The monoisotopic (exact) mass is 239 g/mol. The Kier molecular flexibility index (Phi) is 2.89. The molecule has 0 amide bonds. The van der Waals surface area contributed by atoms with Gasteiger partial charge in [0.1, 0.15) is 0 Å². The standard InChI is InChI=1S/C15H17N3/c1-12-5-2-3-6-13(12)11-18-10-9-16-14-7-4-8-17-15(14)18/h2-8,16H,9-11H2,1H3. The predicted octanol–water partition coefficient (Wildman–Crippen LogP) is 2.82. The summed E-state index contributed by atoms with van der Waals surface area (Å²) in [4.78, 5) is 6.83. The molecule has 18 heavy (non-hydrogen) atoms. The fourth-order valence-electron chi connectivity index (χ4n) is 2.37. The summed E-state index contributed by atoms with van der Waals surface area (Å²) in [5.74, 6) is 1.06. The number of hydrogen-bond donors (Lipinski definition) is 1. The molecule has 3 rings (SSSR count). The second-order valence-corrected chi connectivity index (χ2v) is 4.65. The Morgan fingerprint density at radius 1 is 1.22 bits per heavy atom. The van der Waals surface area contributed by atoms with Crippen LogP contribution >= 0.6 is 0 Å². The Morgan fingerprint density at radius 2 is 2.11 bits per heavy atom. The minimum absolute atomic E-state index is 0.929. The second-order valence-electron chi connectivity index (χ2n) is 4.65. The van der Waals surface area contributed by atoms with Crippen molar-refractivity contribution < 1.29 is 0 Å². The van der Waals surface area contributed by atoms with Gasteiger partial charge < -0.3 is 10.2 Å². The molecule has 1 aliphatic rings. The van der Waals surface area contributed by atoms with E-state index in [2.05, 4.69) is 52.5 Å². The van der Waals surface area contributed by atoms with Crippen LogP contribution in [0.15, 0.2) is 42.6 Å². The molecule has 0 fully saturated rings. The van der Waals surface area contributed by atoms with Crippen molar-refractivity contribution in [1.82, 2.24) is 4.98 Å². The van der Waals surface area contributed by atoms with Gasteiger partial charge in [-0.1, -0.05) is 24.3 Å². The number of pyridine rings is 1. The maximum Gasteiger partial charge on any atom is 0.152 e. The molecule has 2 heterocycles.